The van der Waals surface area contributed by atoms with Crippen LogP contribution in [0.2, 0.25) is 10.0 Å². The van der Waals surface area contributed by atoms with Gasteiger partial charge in [-0.3, -0.25) is 4.98 Å². The molecule has 1 atom stereocenters. The fourth-order valence-electron chi connectivity index (χ4n) is 2.53. The first kappa shape index (κ1) is 18.0. The van der Waals surface area contributed by atoms with Gasteiger partial charge in [-0.1, -0.05) is 23.2 Å². The van der Waals surface area contributed by atoms with Crippen molar-refractivity contribution in [3.8, 4) is 11.5 Å². The first-order valence-corrected chi connectivity index (χ1v) is 8.67. The number of carbonyl (C=O) groups is 1. The lowest BCUT2D eigenvalue weighted by atomic mass is 10.1. The van der Waals surface area contributed by atoms with Crippen molar-refractivity contribution in [3.05, 3.63) is 27.9 Å². The van der Waals surface area contributed by atoms with Crippen LogP contribution in [0.3, 0.4) is 0 Å². The predicted octanol–water partition coefficient (Wildman–Crippen LogP) is 3.89. The largest absolute Gasteiger partial charge is 0.484 e. The minimum Gasteiger partial charge on any atom is -0.484 e. The number of fused-ring (bicyclic) bond motifs is 2. The average Bonchev–Trinajstić information content (AvgIpc) is 2.60. The fourth-order valence-corrected chi connectivity index (χ4v) is 3.23. The van der Waals surface area contributed by atoms with Crippen molar-refractivity contribution in [2.45, 2.75) is 20.0 Å². The van der Waals surface area contributed by atoms with E-state index >= 15 is 0 Å². The van der Waals surface area contributed by atoms with Crippen molar-refractivity contribution in [1.82, 2.24) is 4.98 Å². The zero-order chi connectivity index (χ0) is 18.0. The highest BCUT2D eigenvalue weighted by Crippen LogP contribution is 2.45. The van der Waals surface area contributed by atoms with Crippen molar-refractivity contribution >= 4 is 40.1 Å². The van der Waals surface area contributed by atoms with E-state index in [-0.39, 0.29) is 28.3 Å². The zero-order valence-electron chi connectivity index (χ0n) is 13.8. The van der Waals surface area contributed by atoms with E-state index in [0.717, 1.165) is 0 Å². The standard InChI is InChI=1S/C17H17Cl2NO5/c1-3-22-7-9-8-24-16-12(25-9)5-11-13(15(16)19)14(18)10(6-20-11)17(21)23-4-2/h5-6,9H,3-4,7-8H2,1-2H3. The molecular formula is C17H17Cl2NO5. The van der Waals surface area contributed by atoms with Crippen LogP contribution in [0.4, 0.5) is 0 Å². The maximum Gasteiger partial charge on any atom is 0.341 e. The second-order valence-electron chi connectivity index (χ2n) is 5.33. The van der Waals surface area contributed by atoms with E-state index in [9.17, 15) is 4.79 Å². The van der Waals surface area contributed by atoms with Crippen LogP contribution in [0.1, 0.15) is 24.2 Å². The summed E-state index contributed by atoms with van der Waals surface area (Å²) in [6.07, 6.45) is 1.14. The van der Waals surface area contributed by atoms with Crippen LogP contribution in [0.15, 0.2) is 12.3 Å². The van der Waals surface area contributed by atoms with E-state index < -0.39 is 5.97 Å². The lowest BCUT2D eigenvalue weighted by molar-refractivity contribution is 0.0130. The molecule has 3 rings (SSSR count). The van der Waals surface area contributed by atoms with Crippen LogP contribution in [0, 0.1) is 0 Å². The van der Waals surface area contributed by atoms with Gasteiger partial charge in [-0.15, -0.1) is 0 Å². The molecule has 0 amide bonds. The van der Waals surface area contributed by atoms with Crippen LogP contribution in [-0.4, -0.2) is 43.5 Å². The number of benzene rings is 1. The van der Waals surface area contributed by atoms with Crippen molar-refractivity contribution in [2.24, 2.45) is 0 Å². The molecule has 0 N–H and O–H groups in total. The molecule has 134 valence electrons. The molecule has 0 saturated heterocycles. The lowest BCUT2D eigenvalue weighted by Crippen LogP contribution is -2.33. The van der Waals surface area contributed by atoms with Crippen LogP contribution < -0.4 is 9.47 Å². The highest BCUT2D eigenvalue weighted by Gasteiger charge is 2.27. The Bertz CT molecular complexity index is 811. The summed E-state index contributed by atoms with van der Waals surface area (Å²) in [5, 5.41) is 0.863. The van der Waals surface area contributed by atoms with Gasteiger partial charge in [-0.25, -0.2) is 4.79 Å². The van der Waals surface area contributed by atoms with E-state index in [1.54, 1.807) is 13.0 Å². The first-order valence-electron chi connectivity index (χ1n) is 7.91. The van der Waals surface area contributed by atoms with E-state index in [2.05, 4.69) is 4.98 Å². The Morgan fingerprint density at radius 1 is 1.32 bits per heavy atom. The number of carbonyl (C=O) groups excluding carboxylic acids is 1. The van der Waals surface area contributed by atoms with Gasteiger partial charge in [0.25, 0.3) is 0 Å². The molecule has 6 nitrogen and oxygen atoms in total. The highest BCUT2D eigenvalue weighted by molar-refractivity contribution is 6.44. The Kier molecular flexibility index (Phi) is 5.51. The van der Waals surface area contributed by atoms with Crippen LogP contribution in [-0.2, 0) is 9.47 Å². The average molecular weight is 386 g/mol. The fraction of sp³-hybridized carbons (Fsp3) is 0.412. The minimum absolute atomic E-state index is 0.156. The molecule has 1 aliphatic heterocycles. The van der Waals surface area contributed by atoms with Gasteiger partial charge in [0.05, 0.1) is 34.3 Å². The smallest absolute Gasteiger partial charge is 0.341 e. The summed E-state index contributed by atoms with van der Waals surface area (Å²) in [6, 6.07) is 1.69. The van der Waals surface area contributed by atoms with Crippen LogP contribution in [0.25, 0.3) is 10.9 Å². The second kappa shape index (κ2) is 7.64. The molecule has 0 saturated carbocycles. The molecule has 1 unspecified atom stereocenters. The van der Waals surface area contributed by atoms with Crippen LogP contribution in [0.5, 0.6) is 11.5 Å². The summed E-state index contributed by atoms with van der Waals surface area (Å²) in [7, 11) is 0. The predicted molar refractivity (Wildman–Crippen MR) is 94.1 cm³/mol. The quantitative estimate of drug-likeness (QED) is 0.727. The highest BCUT2D eigenvalue weighted by atomic mass is 35.5. The Labute approximate surface area is 154 Å². The summed E-state index contributed by atoms with van der Waals surface area (Å²) < 4.78 is 22.0. The Balaban J connectivity index is 2.03. The lowest BCUT2D eigenvalue weighted by Gasteiger charge is -2.27. The molecule has 0 radical (unpaired) electrons. The van der Waals surface area contributed by atoms with Crippen molar-refractivity contribution in [1.29, 1.82) is 0 Å². The van der Waals surface area contributed by atoms with Crippen LogP contribution >= 0.6 is 23.2 Å². The van der Waals surface area contributed by atoms with E-state index in [0.29, 0.717) is 42.2 Å². The maximum absolute atomic E-state index is 12.0. The van der Waals surface area contributed by atoms with Gasteiger partial charge in [0.15, 0.2) is 17.6 Å². The van der Waals surface area contributed by atoms with Gasteiger partial charge in [0.1, 0.15) is 6.61 Å². The van der Waals surface area contributed by atoms with Gasteiger partial charge >= 0.3 is 5.97 Å². The van der Waals surface area contributed by atoms with Crippen molar-refractivity contribution in [3.63, 3.8) is 0 Å². The van der Waals surface area contributed by atoms with E-state index in [1.807, 2.05) is 6.92 Å². The van der Waals surface area contributed by atoms with Gasteiger partial charge in [0, 0.05) is 24.3 Å². The molecule has 0 aliphatic carbocycles. The van der Waals surface area contributed by atoms with Gasteiger partial charge in [-0.05, 0) is 13.8 Å². The maximum atomic E-state index is 12.0. The number of aromatic nitrogens is 1. The third-order valence-electron chi connectivity index (χ3n) is 3.67. The zero-order valence-corrected chi connectivity index (χ0v) is 15.3. The van der Waals surface area contributed by atoms with Gasteiger partial charge in [0.2, 0.25) is 0 Å². The summed E-state index contributed by atoms with van der Waals surface area (Å²) in [5.74, 6) is 0.303. The van der Waals surface area contributed by atoms with Crippen molar-refractivity contribution in [2.75, 3.05) is 26.4 Å². The van der Waals surface area contributed by atoms with E-state index in [4.69, 9.17) is 42.1 Å². The number of nitrogens with zero attached hydrogens (tertiary/aromatic N) is 1. The molecule has 1 aromatic heterocycles. The first-order chi connectivity index (χ1) is 12.1. The normalized spacial score (nSPS) is 16.1. The van der Waals surface area contributed by atoms with Gasteiger partial charge in [-0.2, -0.15) is 0 Å². The van der Waals surface area contributed by atoms with E-state index in [1.165, 1.54) is 6.20 Å². The number of hydrogen-bond donors (Lipinski definition) is 0. The molecule has 25 heavy (non-hydrogen) atoms. The monoisotopic (exact) mass is 385 g/mol. The molecule has 0 fully saturated rings. The second-order valence-corrected chi connectivity index (χ2v) is 6.08. The SMILES string of the molecule is CCOCC1COc2c(cc3ncc(C(=O)OCC)c(Cl)c3c2Cl)O1. The third-order valence-corrected chi connectivity index (χ3v) is 4.42. The molecule has 1 aromatic carbocycles. The number of halogens is 2. The van der Waals surface area contributed by atoms with Gasteiger partial charge < -0.3 is 18.9 Å². The molecule has 8 heteroatoms. The number of rotatable bonds is 5. The summed E-state index contributed by atoms with van der Waals surface area (Å²) in [4.78, 5) is 16.3. The van der Waals surface area contributed by atoms with Crippen molar-refractivity contribution < 1.29 is 23.7 Å². The summed E-state index contributed by atoms with van der Waals surface area (Å²) >= 11 is 12.8. The molecular weight excluding hydrogens is 369 g/mol. The molecule has 2 aromatic rings. The summed E-state index contributed by atoms with van der Waals surface area (Å²) in [6.45, 7) is 5.19. The Hall–Kier alpha value is -1.76. The number of ether oxygens (including phenoxy) is 4. The number of hydrogen-bond acceptors (Lipinski definition) is 6. The Morgan fingerprint density at radius 3 is 2.84 bits per heavy atom. The molecule has 2 heterocycles. The third kappa shape index (κ3) is 3.47. The number of esters is 1. The molecule has 0 spiro atoms. The Morgan fingerprint density at radius 2 is 2.12 bits per heavy atom. The molecule has 1 aliphatic rings. The minimum atomic E-state index is -0.551. The topological polar surface area (TPSA) is 66.9 Å². The number of pyridine rings is 1. The molecule has 0 bridgehead atoms. The summed E-state index contributed by atoms with van der Waals surface area (Å²) in [5.41, 5.74) is 0.659.